The number of halogens is 2. The molecule has 0 bridgehead atoms. The van der Waals surface area contributed by atoms with Crippen LogP contribution in [0.15, 0.2) is 113 Å². The van der Waals surface area contributed by atoms with Gasteiger partial charge in [-0.3, -0.25) is 9.36 Å². The maximum atomic E-state index is 14.4. The van der Waals surface area contributed by atoms with Crippen molar-refractivity contribution in [3.8, 4) is 5.75 Å². The van der Waals surface area contributed by atoms with Gasteiger partial charge in [0, 0.05) is 44.8 Å². The van der Waals surface area contributed by atoms with Crippen LogP contribution in [0.25, 0.3) is 22.7 Å². The molecular formula is C37H27Cl2N3O2S. The molecule has 8 rings (SSSR count). The number of methoxy groups -OCH3 is 1. The molecule has 2 aliphatic rings. The fourth-order valence-electron chi connectivity index (χ4n) is 6.60. The number of fused-ring (bicyclic) bond motifs is 4. The van der Waals surface area contributed by atoms with Crippen molar-refractivity contribution in [3.63, 3.8) is 0 Å². The number of hydrogen-bond acceptors (Lipinski definition) is 4. The Kier molecular flexibility index (Phi) is 7.01. The number of hydrogen-bond donors (Lipinski definition) is 0. The Hall–Kier alpha value is -4.36. The van der Waals surface area contributed by atoms with E-state index in [1.807, 2.05) is 47.0 Å². The smallest absolute Gasteiger partial charge is 0.271 e. The molecule has 3 heterocycles. The second kappa shape index (κ2) is 11.2. The molecule has 1 unspecified atom stereocenters. The summed E-state index contributed by atoms with van der Waals surface area (Å²) in [5.41, 5.74) is 8.61. The van der Waals surface area contributed by atoms with E-state index < -0.39 is 0 Å². The van der Waals surface area contributed by atoms with Gasteiger partial charge in [-0.25, -0.2) is 4.99 Å². The third kappa shape index (κ3) is 4.85. The SMILES string of the molecule is COc1ccc(C2C3=C(N=c4s/c(=C\c5cn(Cc6ccc(Cl)cc6Cl)c6ccccc56)c(=O)n42)c2ccccc2CC3)cc1. The van der Waals surface area contributed by atoms with E-state index in [-0.39, 0.29) is 11.6 Å². The molecule has 1 atom stereocenters. The van der Waals surface area contributed by atoms with Crippen LogP contribution in [0, 0.1) is 0 Å². The standard InChI is InChI=1S/C37H27Cl2N3O2S/c1-44-27-15-11-23(12-16-27)35-30-17-13-22-6-2-3-8-29(22)34(30)40-37-42(35)36(43)33(45-37)18-25-21-41(32-9-5-4-7-28(25)32)20-24-10-14-26(38)19-31(24)39/h2-12,14-16,18-19,21,35H,13,17,20H2,1H3/b33-18-. The van der Waals surface area contributed by atoms with Crippen LogP contribution in [0.5, 0.6) is 5.75 Å². The summed E-state index contributed by atoms with van der Waals surface area (Å²) in [6.45, 7) is 0.579. The lowest BCUT2D eigenvalue weighted by atomic mass is 9.83. The normalized spacial score (nSPS) is 15.9. The van der Waals surface area contributed by atoms with Gasteiger partial charge in [0.1, 0.15) is 5.75 Å². The molecule has 5 nitrogen and oxygen atoms in total. The summed E-state index contributed by atoms with van der Waals surface area (Å²) in [6, 6.07) is 30.1. The Bertz CT molecular complexity index is 2350. The first kappa shape index (κ1) is 28.1. The maximum absolute atomic E-state index is 14.4. The Labute approximate surface area is 273 Å². The zero-order valence-electron chi connectivity index (χ0n) is 24.3. The summed E-state index contributed by atoms with van der Waals surface area (Å²) < 4.78 is 10.1. The second-order valence-electron chi connectivity index (χ2n) is 11.4. The minimum absolute atomic E-state index is 0.0393. The van der Waals surface area contributed by atoms with Gasteiger partial charge in [0.2, 0.25) is 0 Å². The first-order valence-electron chi connectivity index (χ1n) is 14.8. The van der Waals surface area contributed by atoms with Gasteiger partial charge in [-0.1, -0.05) is 95.2 Å². The van der Waals surface area contributed by atoms with Crippen molar-refractivity contribution in [2.24, 2.45) is 4.99 Å². The number of aromatic nitrogens is 2. The van der Waals surface area contributed by atoms with Crippen LogP contribution in [-0.2, 0) is 13.0 Å². The molecule has 8 heteroatoms. The molecule has 6 aromatic rings. The highest BCUT2D eigenvalue weighted by Gasteiger charge is 2.32. The van der Waals surface area contributed by atoms with Crippen molar-refractivity contribution in [2.45, 2.75) is 25.4 Å². The molecule has 0 radical (unpaired) electrons. The van der Waals surface area contributed by atoms with Gasteiger partial charge in [0.05, 0.1) is 23.4 Å². The first-order chi connectivity index (χ1) is 22.0. The van der Waals surface area contributed by atoms with Crippen LogP contribution in [0.3, 0.4) is 0 Å². The summed E-state index contributed by atoms with van der Waals surface area (Å²) in [7, 11) is 1.66. The molecule has 0 N–H and O–H groups in total. The van der Waals surface area contributed by atoms with Gasteiger partial charge in [0.25, 0.3) is 5.56 Å². The highest BCUT2D eigenvalue weighted by Crippen LogP contribution is 2.41. The molecule has 222 valence electrons. The number of para-hydroxylation sites is 1. The van der Waals surface area contributed by atoms with E-state index in [2.05, 4.69) is 59.3 Å². The van der Waals surface area contributed by atoms with Crippen LogP contribution in [0.2, 0.25) is 10.0 Å². The number of benzene rings is 4. The van der Waals surface area contributed by atoms with Crippen LogP contribution < -0.4 is 19.6 Å². The summed E-state index contributed by atoms with van der Waals surface area (Å²) in [6.07, 6.45) is 5.86. The van der Waals surface area contributed by atoms with Crippen LogP contribution in [0.4, 0.5) is 0 Å². The number of rotatable bonds is 5. The van der Waals surface area contributed by atoms with Gasteiger partial charge in [-0.2, -0.15) is 0 Å². The summed E-state index contributed by atoms with van der Waals surface area (Å²) in [5.74, 6) is 0.783. The molecular weight excluding hydrogens is 621 g/mol. The van der Waals surface area contributed by atoms with Crippen molar-refractivity contribution in [2.75, 3.05) is 7.11 Å². The molecule has 1 aliphatic carbocycles. The number of nitrogens with zero attached hydrogens (tertiary/aromatic N) is 3. The summed E-state index contributed by atoms with van der Waals surface area (Å²) in [4.78, 5) is 20.2. The van der Waals surface area contributed by atoms with Gasteiger partial charge < -0.3 is 9.30 Å². The average molecular weight is 649 g/mol. The van der Waals surface area contributed by atoms with E-state index in [9.17, 15) is 4.79 Å². The lowest BCUT2D eigenvalue weighted by Gasteiger charge is -2.30. The van der Waals surface area contributed by atoms with Crippen molar-refractivity contribution in [1.82, 2.24) is 9.13 Å². The molecule has 0 fully saturated rings. The average Bonchev–Trinajstić information content (AvgIpc) is 3.57. The quantitative estimate of drug-likeness (QED) is 0.193. The number of ether oxygens (including phenoxy) is 1. The Morgan fingerprint density at radius 3 is 2.60 bits per heavy atom. The zero-order valence-corrected chi connectivity index (χ0v) is 26.7. The molecule has 2 aromatic heterocycles. The van der Waals surface area contributed by atoms with E-state index in [4.69, 9.17) is 32.9 Å². The fraction of sp³-hybridized carbons (Fsp3) is 0.135. The van der Waals surface area contributed by atoms with Crippen molar-refractivity contribution < 1.29 is 4.74 Å². The zero-order chi connectivity index (χ0) is 30.7. The Balaban J connectivity index is 1.30. The van der Waals surface area contributed by atoms with Gasteiger partial charge in [0.15, 0.2) is 4.80 Å². The van der Waals surface area contributed by atoms with Gasteiger partial charge in [-0.15, -0.1) is 0 Å². The second-order valence-corrected chi connectivity index (χ2v) is 13.2. The minimum atomic E-state index is -0.244. The van der Waals surface area contributed by atoms with E-state index >= 15 is 0 Å². The molecule has 0 spiro atoms. The number of aryl methyl sites for hydroxylation is 1. The lowest BCUT2D eigenvalue weighted by Crippen LogP contribution is -2.38. The van der Waals surface area contributed by atoms with Crippen LogP contribution >= 0.6 is 34.5 Å². The predicted molar refractivity (Wildman–Crippen MR) is 183 cm³/mol. The topological polar surface area (TPSA) is 48.5 Å². The molecule has 4 aromatic carbocycles. The molecule has 0 amide bonds. The third-order valence-electron chi connectivity index (χ3n) is 8.77. The highest BCUT2D eigenvalue weighted by atomic mass is 35.5. The largest absolute Gasteiger partial charge is 0.497 e. The molecule has 1 aliphatic heterocycles. The lowest BCUT2D eigenvalue weighted by molar-refractivity contribution is 0.414. The molecule has 0 saturated heterocycles. The van der Waals surface area contributed by atoms with Gasteiger partial charge in [-0.05, 0) is 71.5 Å². The van der Waals surface area contributed by atoms with Crippen LogP contribution in [-0.4, -0.2) is 16.2 Å². The Morgan fingerprint density at radius 2 is 1.78 bits per heavy atom. The van der Waals surface area contributed by atoms with E-state index in [0.717, 1.165) is 57.4 Å². The van der Waals surface area contributed by atoms with Gasteiger partial charge >= 0.3 is 0 Å². The highest BCUT2D eigenvalue weighted by molar-refractivity contribution is 7.07. The Morgan fingerprint density at radius 1 is 0.978 bits per heavy atom. The predicted octanol–water partition coefficient (Wildman–Crippen LogP) is 7.64. The number of allylic oxidation sites excluding steroid dienone is 1. The minimum Gasteiger partial charge on any atom is -0.497 e. The maximum Gasteiger partial charge on any atom is 0.271 e. The third-order valence-corrected chi connectivity index (χ3v) is 10.3. The van der Waals surface area contributed by atoms with Crippen LogP contribution in [0.1, 0.15) is 40.3 Å². The first-order valence-corrected chi connectivity index (χ1v) is 16.3. The van der Waals surface area contributed by atoms with Crippen molar-refractivity contribution >= 4 is 57.2 Å². The number of thiazole rings is 1. The fourth-order valence-corrected chi connectivity index (χ4v) is 8.06. The van der Waals surface area contributed by atoms with Crippen molar-refractivity contribution in [1.29, 1.82) is 0 Å². The monoisotopic (exact) mass is 647 g/mol. The van der Waals surface area contributed by atoms with E-state index in [1.165, 1.54) is 22.5 Å². The van der Waals surface area contributed by atoms with Crippen molar-refractivity contribution in [3.05, 3.63) is 160 Å². The molecule has 0 saturated carbocycles. The van der Waals surface area contributed by atoms with E-state index in [0.29, 0.717) is 25.9 Å². The summed E-state index contributed by atoms with van der Waals surface area (Å²) >= 11 is 14.1. The summed E-state index contributed by atoms with van der Waals surface area (Å²) in [5, 5.41) is 2.29. The van der Waals surface area contributed by atoms with E-state index in [1.54, 1.807) is 13.2 Å². The molecule has 45 heavy (non-hydrogen) atoms.